The predicted octanol–water partition coefficient (Wildman–Crippen LogP) is 1.52. The van der Waals surface area contributed by atoms with Crippen molar-refractivity contribution in [2.75, 3.05) is 25.1 Å². The maximum Gasteiger partial charge on any atom is 0.287 e. The molecule has 1 aromatic heterocycles. The van der Waals surface area contributed by atoms with E-state index in [-0.39, 0.29) is 0 Å². The van der Waals surface area contributed by atoms with Crippen LogP contribution in [-0.2, 0) is 0 Å². The molecule has 1 aromatic rings. The van der Waals surface area contributed by atoms with Crippen LogP contribution in [0.2, 0.25) is 0 Å². The van der Waals surface area contributed by atoms with Gasteiger partial charge in [-0.25, -0.2) is 8.78 Å². The highest BCUT2D eigenvalue weighted by Gasteiger charge is 2.27. The van der Waals surface area contributed by atoms with Crippen LogP contribution in [0.1, 0.15) is 6.92 Å². The molecule has 0 bridgehead atoms. The van der Waals surface area contributed by atoms with E-state index in [0.717, 1.165) is 0 Å². The maximum atomic E-state index is 12.7. The van der Waals surface area contributed by atoms with Crippen LogP contribution >= 0.6 is 0 Å². The van der Waals surface area contributed by atoms with Crippen molar-refractivity contribution >= 4 is 5.82 Å². The largest absolute Gasteiger partial charge is 0.478 e. The van der Waals surface area contributed by atoms with Crippen LogP contribution in [0, 0.1) is 0 Å². The second-order valence-corrected chi connectivity index (χ2v) is 3.16. The number of alkyl halides is 2. The Morgan fingerprint density at radius 3 is 2.88 bits per heavy atom. The number of aliphatic hydroxyl groups excluding tert-OH is 1. The highest BCUT2D eigenvalue weighted by atomic mass is 19.3. The molecule has 0 radical (unpaired) electrons. The smallest absolute Gasteiger partial charge is 0.287 e. The fourth-order valence-corrected chi connectivity index (χ4v) is 1.02. The SMILES string of the molecule is CCOc1cccc(NCC(F)(F)CO)n1. The van der Waals surface area contributed by atoms with Crippen molar-refractivity contribution in [1.82, 2.24) is 4.98 Å². The Balaban J connectivity index is 2.57. The van der Waals surface area contributed by atoms with Gasteiger partial charge < -0.3 is 15.2 Å². The van der Waals surface area contributed by atoms with E-state index in [0.29, 0.717) is 18.3 Å². The van der Waals surface area contributed by atoms with Gasteiger partial charge in [0, 0.05) is 6.07 Å². The Morgan fingerprint density at radius 1 is 1.50 bits per heavy atom. The van der Waals surface area contributed by atoms with Crippen LogP contribution in [0.3, 0.4) is 0 Å². The summed E-state index contributed by atoms with van der Waals surface area (Å²) in [4.78, 5) is 3.95. The molecular weight excluding hydrogens is 218 g/mol. The summed E-state index contributed by atoms with van der Waals surface area (Å²) in [7, 11) is 0. The van der Waals surface area contributed by atoms with Gasteiger partial charge in [0.25, 0.3) is 5.92 Å². The summed E-state index contributed by atoms with van der Waals surface area (Å²) < 4.78 is 30.5. The minimum Gasteiger partial charge on any atom is -0.478 e. The average molecular weight is 232 g/mol. The lowest BCUT2D eigenvalue weighted by molar-refractivity contribution is -0.0373. The molecule has 6 heteroatoms. The average Bonchev–Trinajstić information content (AvgIpc) is 2.28. The molecule has 16 heavy (non-hydrogen) atoms. The molecule has 0 saturated heterocycles. The molecule has 4 nitrogen and oxygen atoms in total. The zero-order chi connectivity index (χ0) is 12.0. The number of nitrogens with one attached hydrogen (secondary N) is 1. The van der Waals surface area contributed by atoms with Gasteiger partial charge in [0.2, 0.25) is 5.88 Å². The van der Waals surface area contributed by atoms with E-state index in [4.69, 9.17) is 9.84 Å². The number of nitrogens with zero attached hydrogens (tertiary/aromatic N) is 1. The molecule has 0 atom stereocenters. The van der Waals surface area contributed by atoms with Crippen molar-refractivity contribution in [2.24, 2.45) is 0 Å². The first-order chi connectivity index (χ1) is 7.57. The van der Waals surface area contributed by atoms with Gasteiger partial charge in [-0.3, -0.25) is 0 Å². The number of aromatic nitrogens is 1. The molecule has 0 saturated carbocycles. The topological polar surface area (TPSA) is 54.4 Å². The van der Waals surface area contributed by atoms with Crippen LogP contribution in [0.4, 0.5) is 14.6 Å². The van der Waals surface area contributed by atoms with Crippen molar-refractivity contribution in [3.05, 3.63) is 18.2 Å². The summed E-state index contributed by atoms with van der Waals surface area (Å²) >= 11 is 0. The van der Waals surface area contributed by atoms with Gasteiger partial charge in [-0.05, 0) is 13.0 Å². The number of hydrogen-bond donors (Lipinski definition) is 2. The molecule has 1 rings (SSSR count). The predicted molar refractivity (Wildman–Crippen MR) is 55.9 cm³/mol. The fourth-order valence-electron chi connectivity index (χ4n) is 1.02. The maximum absolute atomic E-state index is 12.7. The Labute approximate surface area is 92.3 Å². The van der Waals surface area contributed by atoms with Crippen molar-refractivity contribution in [1.29, 1.82) is 0 Å². The third-order valence-electron chi connectivity index (χ3n) is 1.78. The summed E-state index contributed by atoms with van der Waals surface area (Å²) in [5.41, 5.74) is 0. The standard InChI is InChI=1S/C10H14F2N2O2/c1-2-16-9-5-3-4-8(14-9)13-6-10(11,12)7-15/h3-5,15H,2,6-7H2,1H3,(H,13,14). The molecule has 0 aliphatic carbocycles. The van der Waals surface area contributed by atoms with E-state index < -0.39 is 19.1 Å². The molecule has 0 aliphatic rings. The highest BCUT2D eigenvalue weighted by molar-refractivity contribution is 5.37. The van der Waals surface area contributed by atoms with Crippen molar-refractivity contribution < 1.29 is 18.6 Å². The summed E-state index contributed by atoms with van der Waals surface area (Å²) in [6, 6.07) is 4.84. The lowest BCUT2D eigenvalue weighted by Crippen LogP contribution is -2.31. The van der Waals surface area contributed by atoms with Gasteiger partial charge in [-0.1, -0.05) is 6.07 Å². The second-order valence-electron chi connectivity index (χ2n) is 3.16. The molecule has 0 fully saturated rings. The molecule has 0 amide bonds. The van der Waals surface area contributed by atoms with Gasteiger partial charge in [-0.15, -0.1) is 0 Å². The highest BCUT2D eigenvalue weighted by Crippen LogP contribution is 2.15. The number of hydrogen-bond acceptors (Lipinski definition) is 4. The first-order valence-corrected chi connectivity index (χ1v) is 4.90. The molecular formula is C10H14F2N2O2. The normalized spacial score (nSPS) is 11.2. The summed E-state index contributed by atoms with van der Waals surface area (Å²) in [5.74, 6) is -2.48. The number of aliphatic hydroxyl groups is 1. The van der Waals surface area contributed by atoms with Crippen molar-refractivity contribution in [3.63, 3.8) is 0 Å². The zero-order valence-electron chi connectivity index (χ0n) is 8.91. The number of halogens is 2. The van der Waals surface area contributed by atoms with Gasteiger partial charge >= 0.3 is 0 Å². The Kier molecular flexibility index (Phi) is 4.42. The Hall–Kier alpha value is -1.43. The minimum absolute atomic E-state index is 0.291. The van der Waals surface area contributed by atoms with E-state index in [2.05, 4.69) is 10.3 Å². The van der Waals surface area contributed by atoms with E-state index in [1.807, 2.05) is 6.92 Å². The lowest BCUT2D eigenvalue weighted by Gasteiger charge is -2.14. The fraction of sp³-hybridized carbons (Fsp3) is 0.500. The van der Waals surface area contributed by atoms with Gasteiger partial charge in [0.1, 0.15) is 12.4 Å². The Morgan fingerprint density at radius 2 is 2.25 bits per heavy atom. The first kappa shape index (κ1) is 12.6. The van der Waals surface area contributed by atoms with Crippen molar-refractivity contribution in [2.45, 2.75) is 12.8 Å². The summed E-state index contributed by atoms with van der Waals surface area (Å²) in [6.45, 7) is 0.419. The van der Waals surface area contributed by atoms with Gasteiger partial charge in [0.15, 0.2) is 0 Å². The van der Waals surface area contributed by atoms with E-state index >= 15 is 0 Å². The van der Waals surface area contributed by atoms with Crippen LogP contribution in [0.15, 0.2) is 18.2 Å². The quantitative estimate of drug-likeness (QED) is 0.780. The molecule has 0 aliphatic heterocycles. The Bertz CT molecular complexity index is 334. The van der Waals surface area contributed by atoms with Crippen LogP contribution < -0.4 is 10.1 Å². The van der Waals surface area contributed by atoms with Gasteiger partial charge in [0.05, 0.1) is 13.2 Å². The number of ether oxygens (including phenoxy) is 1. The van der Waals surface area contributed by atoms with Crippen LogP contribution in [0.5, 0.6) is 5.88 Å². The number of rotatable bonds is 6. The zero-order valence-corrected chi connectivity index (χ0v) is 8.91. The lowest BCUT2D eigenvalue weighted by atomic mass is 10.3. The van der Waals surface area contributed by atoms with Crippen LogP contribution in [-0.4, -0.2) is 35.8 Å². The minimum atomic E-state index is -3.15. The molecule has 0 spiro atoms. The summed E-state index contributed by atoms with van der Waals surface area (Å²) in [6.07, 6.45) is 0. The van der Waals surface area contributed by atoms with E-state index in [1.165, 1.54) is 0 Å². The number of pyridine rings is 1. The third kappa shape index (κ3) is 3.98. The second kappa shape index (κ2) is 5.60. The van der Waals surface area contributed by atoms with E-state index in [1.54, 1.807) is 18.2 Å². The summed E-state index contributed by atoms with van der Waals surface area (Å²) in [5, 5.41) is 10.8. The van der Waals surface area contributed by atoms with Crippen molar-refractivity contribution in [3.8, 4) is 5.88 Å². The molecule has 0 unspecified atom stereocenters. The van der Waals surface area contributed by atoms with Gasteiger partial charge in [-0.2, -0.15) is 4.98 Å². The van der Waals surface area contributed by atoms with Crippen LogP contribution in [0.25, 0.3) is 0 Å². The monoisotopic (exact) mass is 232 g/mol. The first-order valence-electron chi connectivity index (χ1n) is 4.90. The molecule has 2 N–H and O–H groups in total. The third-order valence-corrected chi connectivity index (χ3v) is 1.78. The number of anilines is 1. The van der Waals surface area contributed by atoms with E-state index in [9.17, 15) is 8.78 Å². The molecule has 90 valence electrons. The molecule has 1 heterocycles. The molecule has 0 aromatic carbocycles.